The number of rotatable bonds is 8. The van der Waals surface area contributed by atoms with Crippen molar-refractivity contribution < 1.29 is 14.3 Å². The second-order valence-corrected chi connectivity index (χ2v) is 7.52. The van der Waals surface area contributed by atoms with Gasteiger partial charge in [-0.1, -0.05) is 11.6 Å². The van der Waals surface area contributed by atoms with Crippen LogP contribution in [0, 0.1) is 0 Å². The van der Waals surface area contributed by atoms with Gasteiger partial charge in [0.25, 0.3) is 5.56 Å². The fraction of sp³-hybridized carbons (Fsp3) is 0.444. The van der Waals surface area contributed by atoms with E-state index >= 15 is 0 Å². The van der Waals surface area contributed by atoms with E-state index in [2.05, 4.69) is 36.0 Å². The fourth-order valence-electron chi connectivity index (χ4n) is 2.84. The highest BCUT2D eigenvalue weighted by Gasteiger charge is 2.21. The molecular weight excluding hydrogens is 466 g/mol. The van der Waals surface area contributed by atoms with Crippen LogP contribution in [0.3, 0.4) is 0 Å². The molecule has 1 saturated heterocycles. The molecule has 0 spiro atoms. The van der Waals surface area contributed by atoms with Gasteiger partial charge in [-0.2, -0.15) is 5.10 Å². The van der Waals surface area contributed by atoms with E-state index in [0.29, 0.717) is 43.5 Å². The summed E-state index contributed by atoms with van der Waals surface area (Å²) in [6.45, 7) is 3.64. The minimum atomic E-state index is -0.360. The molecule has 2 aromatic heterocycles. The molecule has 1 aliphatic rings. The number of anilines is 1. The number of halogens is 2. The lowest BCUT2D eigenvalue weighted by Crippen LogP contribution is -2.49. The summed E-state index contributed by atoms with van der Waals surface area (Å²) in [7, 11) is 0. The highest BCUT2D eigenvalue weighted by atomic mass is 79.9. The summed E-state index contributed by atoms with van der Waals surface area (Å²) in [6, 6.07) is 3.70. The van der Waals surface area contributed by atoms with Gasteiger partial charge in [0.05, 0.1) is 30.9 Å². The number of nitrogens with one attached hydrogen (secondary N) is 1. The first kappa shape index (κ1) is 21.5. The van der Waals surface area contributed by atoms with Crippen molar-refractivity contribution in [3.63, 3.8) is 0 Å². The van der Waals surface area contributed by atoms with Crippen LogP contribution in [0.25, 0.3) is 0 Å². The molecular formula is C18H21BrClN5O4. The lowest BCUT2D eigenvalue weighted by molar-refractivity contribution is -0.132. The maximum absolute atomic E-state index is 12.3. The van der Waals surface area contributed by atoms with Crippen LogP contribution in [-0.2, 0) is 9.53 Å². The molecule has 0 aromatic carbocycles. The topological polar surface area (TPSA) is 101 Å². The molecule has 29 heavy (non-hydrogen) atoms. The highest BCUT2D eigenvalue weighted by molar-refractivity contribution is 9.10. The highest BCUT2D eigenvalue weighted by Crippen LogP contribution is 2.18. The number of hydrogen-bond acceptors (Lipinski definition) is 7. The van der Waals surface area contributed by atoms with Gasteiger partial charge in [-0.05, 0) is 28.1 Å². The maximum Gasteiger partial charge on any atom is 0.282 e. The van der Waals surface area contributed by atoms with Crippen LogP contribution in [-0.4, -0.2) is 72.0 Å². The number of carbonyl (C=O) groups is 1. The first-order chi connectivity index (χ1) is 14.0. The molecule has 1 N–H and O–H groups in total. The molecule has 9 nitrogen and oxygen atoms in total. The number of aromatic amines is 1. The van der Waals surface area contributed by atoms with E-state index < -0.39 is 0 Å². The Morgan fingerprint density at radius 2 is 1.97 bits per heavy atom. The molecule has 3 heterocycles. The number of pyridine rings is 1. The number of amides is 1. The molecule has 1 amide bonds. The summed E-state index contributed by atoms with van der Waals surface area (Å²) in [5.41, 5.74) is -0.360. The summed E-state index contributed by atoms with van der Waals surface area (Å²) in [5.74, 6) is 1.28. The molecule has 2 aromatic rings. The first-order valence-corrected chi connectivity index (χ1v) is 10.3. The average Bonchev–Trinajstić information content (AvgIpc) is 2.74. The van der Waals surface area contributed by atoms with Gasteiger partial charge in [-0.25, -0.2) is 10.1 Å². The number of hydrogen-bond donors (Lipinski definition) is 1. The fourth-order valence-corrected chi connectivity index (χ4v) is 3.26. The van der Waals surface area contributed by atoms with Crippen molar-refractivity contribution in [2.75, 3.05) is 50.9 Å². The minimum Gasteiger partial charge on any atom is -0.488 e. The number of aromatic nitrogens is 3. The zero-order valence-electron chi connectivity index (χ0n) is 15.6. The van der Waals surface area contributed by atoms with Crippen molar-refractivity contribution in [3.05, 3.63) is 44.4 Å². The molecule has 0 atom stereocenters. The Balaban J connectivity index is 1.31. The number of H-pyrrole nitrogens is 1. The molecule has 156 valence electrons. The normalized spacial score (nSPS) is 14.1. The predicted octanol–water partition coefficient (Wildman–Crippen LogP) is 1.72. The second-order valence-electron chi connectivity index (χ2n) is 6.29. The largest absolute Gasteiger partial charge is 0.488 e. The average molecular weight is 487 g/mol. The van der Waals surface area contributed by atoms with Crippen molar-refractivity contribution in [2.24, 2.45) is 0 Å². The van der Waals surface area contributed by atoms with Crippen molar-refractivity contribution in [2.45, 2.75) is 6.42 Å². The van der Waals surface area contributed by atoms with Crippen molar-refractivity contribution in [1.82, 2.24) is 20.1 Å². The third-order valence-electron chi connectivity index (χ3n) is 4.38. The van der Waals surface area contributed by atoms with Crippen LogP contribution in [0.4, 0.5) is 5.82 Å². The minimum absolute atomic E-state index is 0.0659. The van der Waals surface area contributed by atoms with Crippen LogP contribution in [0.2, 0.25) is 5.02 Å². The summed E-state index contributed by atoms with van der Waals surface area (Å²) < 4.78 is 11.2. The number of piperazine rings is 1. The second kappa shape index (κ2) is 10.6. The molecule has 11 heteroatoms. The molecule has 0 saturated carbocycles. The quantitative estimate of drug-likeness (QED) is 0.567. The zero-order chi connectivity index (χ0) is 20.6. The first-order valence-electron chi connectivity index (χ1n) is 9.12. The molecule has 0 unspecified atom stereocenters. The lowest BCUT2D eigenvalue weighted by atomic mass is 10.2. The number of ether oxygens (including phenoxy) is 2. The van der Waals surface area contributed by atoms with Gasteiger partial charge in [0.15, 0.2) is 5.75 Å². The van der Waals surface area contributed by atoms with Gasteiger partial charge in [0.2, 0.25) is 5.91 Å². The summed E-state index contributed by atoms with van der Waals surface area (Å²) >= 11 is 9.00. The van der Waals surface area contributed by atoms with Crippen molar-refractivity contribution in [3.8, 4) is 5.75 Å². The van der Waals surface area contributed by atoms with E-state index in [-0.39, 0.29) is 22.5 Å². The van der Waals surface area contributed by atoms with Gasteiger partial charge in [0.1, 0.15) is 16.9 Å². The monoisotopic (exact) mass is 485 g/mol. The smallest absolute Gasteiger partial charge is 0.282 e. The maximum atomic E-state index is 12.3. The Bertz CT molecular complexity index is 871. The molecule has 0 radical (unpaired) electrons. The Morgan fingerprint density at radius 1 is 1.17 bits per heavy atom. The standard InChI is InChI=1S/C18H21BrClN5O4/c19-17-14(12-22-23-18(17)27)29-10-9-28-8-3-16(26)25-6-4-24(5-7-25)15-2-1-13(20)11-21-15/h1-2,11-12H,3-10H2,(H,23,27). The van der Waals surface area contributed by atoms with Gasteiger partial charge in [0, 0.05) is 32.4 Å². The Morgan fingerprint density at radius 3 is 2.69 bits per heavy atom. The molecule has 3 rings (SSSR count). The van der Waals surface area contributed by atoms with Crippen LogP contribution in [0.5, 0.6) is 5.75 Å². The van der Waals surface area contributed by atoms with Crippen LogP contribution < -0.4 is 15.2 Å². The van der Waals surface area contributed by atoms with E-state index in [0.717, 1.165) is 18.9 Å². The number of carbonyl (C=O) groups excluding carboxylic acids is 1. The molecule has 0 aliphatic carbocycles. The SMILES string of the molecule is O=C(CCOCCOc1cn[nH]c(=O)c1Br)N1CCN(c2ccc(Cl)cn2)CC1. The molecule has 1 fully saturated rings. The predicted molar refractivity (Wildman–Crippen MR) is 112 cm³/mol. The Labute approximate surface area is 181 Å². The zero-order valence-corrected chi connectivity index (χ0v) is 18.0. The number of nitrogens with zero attached hydrogens (tertiary/aromatic N) is 4. The van der Waals surface area contributed by atoms with Gasteiger partial charge in [-0.15, -0.1) is 0 Å². The van der Waals surface area contributed by atoms with Crippen LogP contribution in [0.1, 0.15) is 6.42 Å². The van der Waals surface area contributed by atoms with Crippen LogP contribution in [0.15, 0.2) is 33.8 Å². The van der Waals surface area contributed by atoms with E-state index in [9.17, 15) is 9.59 Å². The molecule has 1 aliphatic heterocycles. The lowest BCUT2D eigenvalue weighted by Gasteiger charge is -2.35. The van der Waals surface area contributed by atoms with Crippen molar-refractivity contribution in [1.29, 1.82) is 0 Å². The summed E-state index contributed by atoms with van der Waals surface area (Å²) in [5, 5.41) is 6.56. The van der Waals surface area contributed by atoms with E-state index in [1.54, 1.807) is 6.20 Å². The molecule has 0 bridgehead atoms. The van der Waals surface area contributed by atoms with Crippen LogP contribution >= 0.6 is 27.5 Å². The Kier molecular flexibility index (Phi) is 7.84. The van der Waals surface area contributed by atoms with E-state index in [1.807, 2.05) is 17.0 Å². The van der Waals surface area contributed by atoms with Gasteiger partial charge in [-0.3, -0.25) is 9.59 Å². The van der Waals surface area contributed by atoms with E-state index in [4.69, 9.17) is 21.1 Å². The van der Waals surface area contributed by atoms with E-state index in [1.165, 1.54) is 6.20 Å². The third kappa shape index (κ3) is 6.15. The van der Waals surface area contributed by atoms with Gasteiger partial charge < -0.3 is 19.3 Å². The summed E-state index contributed by atoms with van der Waals surface area (Å²) in [6.07, 6.45) is 3.35. The van der Waals surface area contributed by atoms with Crippen molar-refractivity contribution >= 4 is 39.3 Å². The van der Waals surface area contributed by atoms with Gasteiger partial charge >= 0.3 is 0 Å². The summed E-state index contributed by atoms with van der Waals surface area (Å²) in [4.78, 5) is 32.0. The third-order valence-corrected chi connectivity index (χ3v) is 5.35. The Hall–Kier alpha value is -2.17.